The first kappa shape index (κ1) is 21.4. The molecule has 1 unspecified atom stereocenters. The van der Waals surface area contributed by atoms with Gasteiger partial charge in [0.05, 0.1) is 0 Å². The Bertz CT molecular complexity index is 207. The third-order valence-electron chi connectivity index (χ3n) is 2.97. The van der Waals surface area contributed by atoms with Crippen LogP contribution in [0, 0.1) is 11.2 Å². The van der Waals surface area contributed by atoms with Crippen molar-refractivity contribution in [3.05, 3.63) is 0 Å². The fraction of sp³-hybridized carbons (Fsp3) is 0.933. The summed E-state index contributed by atoms with van der Waals surface area (Å²) in [5, 5.41) is 18.2. The molecule has 0 aromatic heterocycles. The van der Waals surface area contributed by atoms with Crippen molar-refractivity contribution < 1.29 is 5.11 Å². The quantitative estimate of drug-likeness (QED) is 0.464. The maximum absolute atomic E-state index is 9.73. The second-order valence-corrected chi connectivity index (χ2v) is 10.7. The molecular formula is C15H33AsBNO. The van der Waals surface area contributed by atoms with E-state index in [0.717, 1.165) is 11.6 Å². The molecule has 0 radical (unpaired) electrons. The molecule has 0 aliphatic rings. The van der Waals surface area contributed by atoms with Gasteiger partial charge in [-0.05, 0) is 5.97 Å². The van der Waals surface area contributed by atoms with E-state index in [1.807, 2.05) is 0 Å². The van der Waals surface area contributed by atoms with Crippen LogP contribution >= 0.6 is 0 Å². The molecule has 0 saturated heterocycles. The second-order valence-electron chi connectivity index (χ2n) is 5.40. The van der Waals surface area contributed by atoms with Gasteiger partial charge in [-0.15, -0.1) is 0 Å². The molecule has 0 heterocycles. The van der Waals surface area contributed by atoms with Crippen molar-refractivity contribution in [2.45, 2.75) is 87.4 Å². The van der Waals surface area contributed by atoms with Gasteiger partial charge < -0.3 is 0 Å². The molecule has 4 heteroatoms. The van der Waals surface area contributed by atoms with E-state index in [4.69, 9.17) is 5.26 Å². The first-order valence-electron chi connectivity index (χ1n) is 7.72. The Kier molecular flexibility index (Phi) is 20.3. The van der Waals surface area contributed by atoms with Gasteiger partial charge >= 0.3 is 107 Å². The SMILES string of the molecule is BC#N.CCCCCCCCCCC(O)C[As](C)C. The van der Waals surface area contributed by atoms with Crippen LogP contribution in [-0.2, 0) is 0 Å². The van der Waals surface area contributed by atoms with Crippen LogP contribution in [0.15, 0.2) is 0 Å². The van der Waals surface area contributed by atoms with Crippen LogP contribution in [0.2, 0.25) is 16.6 Å². The van der Waals surface area contributed by atoms with Gasteiger partial charge in [0.2, 0.25) is 7.85 Å². The minimum atomic E-state index is -0.616. The summed E-state index contributed by atoms with van der Waals surface area (Å²) in [5.41, 5.74) is 4.65. The van der Waals surface area contributed by atoms with Gasteiger partial charge in [-0.25, -0.2) is 5.26 Å². The van der Waals surface area contributed by atoms with Crippen molar-refractivity contribution in [1.82, 2.24) is 0 Å². The first-order valence-corrected chi connectivity index (χ1v) is 12.8. The average Bonchev–Trinajstić information content (AvgIpc) is 2.32. The van der Waals surface area contributed by atoms with E-state index in [9.17, 15) is 5.11 Å². The predicted octanol–water partition coefficient (Wildman–Crippen LogP) is 3.73. The van der Waals surface area contributed by atoms with E-state index in [1.54, 1.807) is 5.97 Å². The molecule has 2 nitrogen and oxygen atoms in total. The third-order valence-corrected chi connectivity index (χ3v) is 5.38. The number of unbranched alkanes of at least 4 members (excludes halogenated alkanes) is 7. The maximum atomic E-state index is 9.73. The Labute approximate surface area is 126 Å². The van der Waals surface area contributed by atoms with Crippen LogP contribution < -0.4 is 0 Å². The average molecular weight is 329 g/mol. The molecule has 0 aliphatic heterocycles. The second kappa shape index (κ2) is 18.1. The van der Waals surface area contributed by atoms with Gasteiger partial charge in [-0.1, -0.05) is 0 Å². The first-order chi connectivity index (χ1) is 9.08. The molecule has 0 bridgehead atoms. The van der Waals surface area contributed by atoms with Crippen molar-refractivity contribution in [1.29, 1.82) is 5.26 Å². The number of hydrogen-bond donors (Lipinski definition) is 1. The van der Waals surface area contributed by atoms with Gasteiger partial charge in [-0.3, -0.25) is 0 Å². The minimum absolute atomic E-state index is 0.00934. The molecule has 0 fully saturated rings. The van der Waals surface area contributed by atoms with Gasteiger partial charge in [0.15, 0.2) is 0 Å². The van der Waals surface area contributed by atoms with Crippen LogP contribution in [0.3, 0.4) is 0 Å². The summed E-state index contributed by atoms with van der Waals surface area (Å²) in [7, 11) is 1.43. The van der Waals surface area contributed by atoms with E-state index in [0.29, 0.717) is 0 Å². The summed E-state index contributed by atoms with van der Waals surface area (Å²) in [5.74, 6) is 1.75. The Morgan fingerprint density at radius 1 is 1.05 bits per heavy atom. The zero-order chi connectivity index (χ0) is 14.9. The molecule has 0 aromatic rings. The Hall–Kier alpha value is 0.0734. The Morgan fingerprint density at radius 2 is 1.47 bits per heavy atom. The molecule has 19 heavy (non-hydrogen) atoms. The van der Waals surface area contributed by atoms with E-state index in [-0.39, 0.29) is 6.10 Å². The van der Waals surface area contributed by atoms with Gasteiger partial charge in [0.25, 0.3) is 0 Å². The monoisotopic (exact) mass is 329 g/mol. The van der Waals surface area contributed by atoms with Gasteiger partial charge in [0.1, 0.15) is 0 Å². The normalized spacial score (nSPS) is 11.6. The van der Waals surface area contributed by atoms with Crippen molar-refractivity contribution in [2.24, 2.45) is 0 Å². The fourth-order valence-corrected chi connectivity index (χ4v) is 4.18. The molecule has 1 atom stereocenters. The molecule has 112 valence electrons. The number of aliphatic hydroxyl groups excluding tert-OH is 1. The van der Waals surface area contributed by atoms with Crippen molar-refractivity contribution in [3.63, 3.8) is 0 Å². The zero-order valence-corrected chi connectivity index (χ0v) is 15.4. The number of aliphatic hydroxyl groups is 1. The zero-order valence-electron chi connectivity index (χ0n) is 13.5. The van der Waals surface area contributed by atoms with E-state index in [1.165, 1.54) is 59.2 Å². The predicted molar refractivity (Wildman–Crippen MR) is 89.7 cm³/mol. The van der Waals surface area contributed by atoms with Gasteiger partial charge in [-0.2, -0.15) is 0 Å². The number of nitriles is 1. The van der Waals surface area contributed by atoms with E-state index in [2.05, 4.69) is 18.3 Å². The van der Waals surface area contributed by atoms with Crippen molar-refractivity contribution in [2.75, 3.05) is 0 Å². The van der Waals surface area contributed by atoms with Crippen molar-refractivity contribution in [3.8, 4) is 5.97 Å². The summed E-state index contributed by atoms with van der Waals surface area (Å²) in [4.78, 5) is 0. The summed E-state index contributed by atoms with van der Waals surface area (Å²) >= 11 is -0.616. The Morgan fingerprint density at radius 3 is 1.89 bits per heavy atom. The fourth-order valence-electron chi connectivity index (χ4n) is 2.03. The summed E-state index contributed by atoms with van der Waals surface area (Å²) in [6.45, 7) is 2.26. The van der Waals surface area contributed by atoms with E-state index >= 15 is 0 Å². The van der Waals surface area contributed by atoms with Crippen LogP contribution in [-0.4, -0.2) is 33.7 Å². The van der Waals surface area contributed by atoms with Crippen LogP contribution in [0.5, 0.6) is 0 Å². The van der Waals surface area contributed by atoms with Crippen LogP contribution in [0.4, 0.5) is 0 Å². The van der Waals surface area contributed by atoms with Crippen LogP contribution in [0.25, 0.3) is 0 Å². The molecule has 0 saturated carbocycles. The number of nitrogens with zero attached hydrogens (tertiary/aromatic N) is 1. The van der Waals surface area contributed by atoms with Gasteiger partial charge in [0, 0.05) is 0 Å². The summed E-state index contributed by atoms with van der Waals surface area (Å²) in [6, 6.07) is 0. The molecule has 0 aliphatic carbocycles. The summed E-state index contributed by atoms with van der Waals surface area (Å²) in [6.07, 6.45) is 11.9. The van der Waals surface area contributed by atoms with Crippen LogP contribution in [0.1, 0.15) is 64.7 Å². The summed E-state index contributed by atoms with van der Waals surface area (Å²) < 4.78 is 0. The van der Waals surface area contributed by atoms with E-state index < -0.39 is 14.7 Å². The number of hydrogen-bond acceptors (Lipinski definition) is 2. The number of rotatable bonds is 11. The Balaban J connectivity index is 0. The molecule has 0 aromatic carbocycles. The topological polar surface area (TPSA) is 44.0 Å². The standard InChI is InChI=1S/C14H31AsO.CH2BN/c1-4-5-6-7-8-9-10-11-12-14(16)13-15(2)3;2-1-3/h14,16H,4-13H2,1-3H3;2H2. The molecular weight excluding hydrogens is 296 g/mol. The molecule has 0 spiro atoms. The molecule has 1 N–H and O–H groups in total. The molecule has 0 amide bonds. The third kappa shape index (κ3) is 23.6. The van der Waals surface area contributed by atoms with Crippen molar-refractivity contribution >= 4 is 22.5 Å². The molecule has 0 rings (SSSR count).